The fraction of sp³-hybridized carbons (Fsp3) is 0.938. The number of nitrogens with one attached hydrogen (secondary N) is 2. The van der Waals surface area contributed by atoms with Crippen molar-refractivity contribution in [2.45, 2.75) is 38.5 Å². The Morgan fingerprint density at radius 1 is 1.05 bits per heavy atom. The SMILES string of the molecule is O=C(NCC12CC3CC(CC(C3)C1)C2)N1CCNCC1. The van der Waals surface area contributed by atoms with Crippen LogP contribution in [-0.4, -0.2) is 43.7 Å². The number of hydrogen-bond acceptors (Lipinski definition) is 2. The van der Waals surface area contributed by atoms with Crippen LogP contribution in [0, 0.1) is 23.2 Å². The second-order valence-electron chi connectivity index (χ2n) is 7.81. The lowest BCUT2D eigenvalue weighted by molar-refractivity contribution is -0.0502. The van der Waals surface area contributed by atoms with E-state index in [2.05, 4.69) is 10.6 Å². The predicted molar refractivity (Wildman–Crippen MR) is 78.4 cm³/mol. The van der Waals surface area contributed by atoms with E-state index >= 15 is 0 Å². The number of urea groups is 1. The largest absolute Gasteiger partial charge is 0.337 e. The number of carbonyl (C=O) groups is 1. The minimum absolute atomic E-state index is 0.169. The second kappa shape index (κ2) is 4.90. The summed E-state index contributed by atoms with van der Waals surface area (Å²) in [5.41, 5.74) is 0.457. The molecule has 0 aromatic carbocycles. The van der Waals surface area contributed by atoms with E-state index in [1.807, 2.05) is 4.90 Å². The molecule has 5 aliphatic rings. The predicted octanol–water partition coefficient (Wildman–Crippen LogP) is 1.82. The first-order valence-electron chi connectivity index (χ1n) is 8.46. The Kier molecular flexibility index (Phi) is 3.17. The molecule has 112 valence electrons. The van der Waals surface area contributed by atoms with Crippen molar-refractivity contribution in [1.29, 1.82) is 0 Å². The van der Waals surface area contributed by atoms with Crippen LogP contribution in [0.25, 0.3) is 0 Å². The molecule has 0 aromatic rings. The number of amides is 2. The summed E-state index contributed by atoms with van der Waals surface area (Å²) in [6, 6.07) is 0.169. The molecule has 2 N–H and O–H groups in total. The third kappa shape index (κ3) is 2.32. The van der Waals surface area contributed by atoms with Gasteiger partial charge in [-0.05, 0) is 61.7 Å². The Balaban J connectivity index is 1.36. The quantitative estimate of drug-likeness (QED) is 0.808. The van der Waals surface area contributed by atoms with Gasteiger partial charge in [0.15, 0.2) is 0 Å². The van der Waals surface area contributed by atoms with Crippen molar-refractivity contribution >= 4 is 6.03 Å². The molecule has 0 spiro atoms. The Morgan fingerprint density at radius 3 is 2.15 bits per heavy atom. The summed E-state index contributed by atoms with van der Waals surface area (Å²) < 4.78 is 0. The highest BCUT2D eigenvalue weighted by atomic mass is 16.2. The summed E-state index contributed by atoms with van der Waals surface area (Å²) in [6.07, 6.45) is 8.56. The Labute approximate surface area is 121 Å². The molecule has 4 nitrogen and oxygen atoms in total. The summed E-state index contributed by atoms with van der Waals surface area (Å²) >= 11 is 0. The minimum atomic E-state index is 0.169. The number of carbonyl (C=O) groups excluding carboxylic acids is 1. The third-order valence-electron chi connectivity index (χ3n) is 6.18. The smallest absolute Gasteiger partial charge is 0.317 e. The fourth-order valence-electron chi connectivity index (χ4n) is 5.75. The van der Waals surface area contributed by atoms with Crippen molar-refractivity contribution in [3.8, 4) is 0 Å². The summed E-state index contributed by atoms with van der Waals surface area (Å²) in [5.74, 6) is 2.91. The van der Waals surface area contributed by atoms with Gasteiger partial charge in [0, 0.05) is 32.7 Å². The zero-order valence-electron chi connectivity index (χ0n) is 12.4. The zero-order valence-corrected chi connectivity index (χ0v) is 12.4. The van der Waals surface area contributed by atoms with Gasteiger partial charge in [-0.15, -0.1) is 0 Å². The van der Waals surface area contributed by atoms with Crippen molar-refractivity contribution in [3.05, 3.63) is 0 Å². The minimum Gasteiger partial charge on any atom is -0.337 e. The van der Waals surface area contributed by atoms with Crippen molar-refractivity contribution in [1.82, 2.24) is 15.5 Å². The van der Waals surface area contributed by atoms with Crippen molar-refractivity contribution in [3.63, 3.8) is 0 Å². The van der Waals surface area contributed by atoms with E-state index in [0.717, 1.165) is 50.5 Å². The maximum Gasteiger partial charge on any atom is 0.317 e. The first-order chi connectivity index (χ1) is 9.72. The van der Waals surface area contributed by atoms with E-state index in [-0.39, 0.29) is 6.03 Å². The molecule has 1 aliphatic heterocycles. The summed E-state index contributed by atoms with van der Waals surface area (Å²) in [6.45, 7) is 4.51. The molecule has 0 unspecified atom stereocenters. The molecule has 2 amide bonds. The molecule has 4 bridgehead atoms. The van der Waals surface area contributed by atoms with Crippen LogP contribution in [0.3, 0.4) is 0 Å². The monoisotopic (exact) mass is 277 g/mol. The molecular formula is C16H27N3O. The Hall–Kier alpha value is -0.770. The molecular weight excluding hydrogens is 250 g/mol. The molecule has 4 aliphatic carbocycles. The lowest BCUT2D eigenvalue weighted by atomic mass is 9.49. The molecule has 4 heteroatoms. The van der Waals surface area contributed by atoms with E-state index in [9.17, 15) is 4.79 Å². The van der Waals surface area contributed by atoms with Crippen LogP contribution in [0.1, 0.15) is 38.5 Å². The van der Waals surface area contributed by atoms with Crippen molar-refractivity contribution < 1.29 is 4.79 Å². The van der Waals surface area contributed by atoms with Gasteiger partial charge < -0.3 is 15.5 Å². The van der Waals surface area contributed by atoms with Crippen molar-refractivity contribution in [2.75, 3.05) is 32.7 Å². The van der Waals surface area contributed by atoms with Gasteiger partial charge >= 0.3 is 6.03 Å². The van der Waals surface area contributed by atoms with Crippen LogP contribution in [0.5, 0.6) is 0 Å². The average molecular weight is 277 g/mol. The topological polar surface area (TPSA) is 44.4 Å². The van der Waals surface area contributed by atoms with Crippen LogP contribution in [-0.2, 0) is 0 Å². The Bertz CT molecular complexity index is 354. The van der Waals surface area contributed by atoms with Crippen LogP contribution in [0.2, 0.25) is 0 Å². The lowest BCUT2D eigenvalue weighted by Crippen LogP contribution is -2.55. The zero-order chi connectivity index (χ0) is 13.6. The van der Waals surface area contributed by atoms with Gasteiger partial charge in [0.2, 0.25) is 0 Å². The van der Waals surface area contributed by atoms with Gasteiger partial charge in [-0.25, -0.2) is 4.79 Å². The first kappa shape index (κ1) is 12.9. The van der Waals surface area contributed by atoms with Gasteiger partial charge in [0.1, 0.15) is 0 Å². The molecule has 1 saturated heterocycles. The highest BCUT2D eigenvalue weighted by Gasteiger charge is 2.50. The number of nitrogens with zero attached hydrogens (tertiary/aromatic N) is 1. The molecule has 0 radical (unpaired) electrons. The van der Waals surface area contributed by atoms with Gasteiger partial charge in [0.25, 0.3) is 0 Å². The highest BCUT2D eigenvalue weighted by Crippen LogP contribution is 2.59. The van der Waals surface area contributed by atoms with Crippen LogP contribution < -0.4 is 10.6 Å². The molecule has 5 fully saturated rings. The van der Waals surface area contributed by atoms with Gasteiger partial charge in [0.05, 0.1) is 0 Å². The molecule has 5 rings (SSSR count). The maximum absolute atomic E-state index is 12.3. The first-order valence-corrected chi connectivity index (χ1v) is 8.46. The Morgan fingerprint density at radius 2 is 1.60 bits per heavy atom. The second-order valence-corrected chi connectivity index (χ2v) is 7.81. The molecule has 0 aromatic heterocycles. The van der Waals surface area contributed by atoms with E-state index in [1.54, 1.807) is 0 Å². The van der Waals surface area contributed by atoms with Gasteiger partial charge in [-0.1, -0.05) is 0 Å². The molecule has 1 heterocycles. The lowest BCUT2D eigenvalue weighted by Gasteiger charge is -2.57. The number of hydrogen-bond donors (Lipinski definition) is 2. The summed E-state index contributed by atoms with van der Waals surface area (Å²) in [5, 5.41) is 6.57. The highest BCUT2D eigenvalue weighted by molar-refractivity contribution is 5.74. The molecule has 20 heavy (non-hydrogen) atoms. The van der Waals surface area contributed by atoms with E-state index in [0.29, 0.717) is 5.41 Å². The molecule has 4 saturated carbocycles. The maximum atomic E-state index is 12.3. The number of piperazine rings is 1. The average Bonchev–Trinajstić information content (AvgIpc) is 2.44. The van der Waals surface area contributed by atoms with E-state index in [1.165, 1.54) is 38.5 Å². The van der Waals surface area contributed by atoms with E-state index in [4.69, 9.17) is 0 Å². The number of rotatable bonds is 2. The third-order valence-corrected chi connectivity index (χ3v) is 6.18. The normalized spacial score (nSPS) is 42.8. The van der Waals surface area contributed by atoms with Crippen LogP contribution >= 0.6 is 0 Å². The van der Waals surface area contributed by atoms with Gasteiger partial charge in [-0.3, -0.25) is 0 Å². The van der Waals surface area contributed by atoms with Crippen molar-refractivity contribution in [2.24, 2.45) is 23.2 Å². The molecule has 0 atom stereocenters. The fourth-order valence-corrected chi connectivity index (χ4v) is 5.75. The summed E-state index contributed by atoms with van der Waals surface area (Å²) in [7, 11) is 0. The van der Waals surface area contributed by atoms with E-state index < -0.39 is 0 Å². The van der Waals surface area contributed by atoms with Crippen LogP contribution in [0.4, 0.5) is 4.79 Å². The summed E-state index contributed by atoms with van der Waals surface area (Å²) in [4.78, 5) is 14.2. The van der Waals surface area contributed by atoms with Crippen LogP contribution in [0.15, 0.2) is 0 Å². The van der Waals surface area contributed by atoms with Gasteiger partial charge in [-0.2, -0.15) is 0 Å². The standard InChI is InChI=1S/C16H27N3O/c20-15(19-3-1-17-2-4-19)18-11-16-8-12-5-13(9-16)7-14(6-12)10-16/h12-14,17H,1-11H2,(H,18,20).